The predicted molar refractivity (Wildman–Crippen MR) is 155 cm³/mol. The number of hydrogen-bond acceptors (Lipinski definition) is 7. The van der Waals surface area contributed by atoms with E-state index in [0.29, 0.717) is 37.9 Å². The Bertz CT molecular complexity index is 1580. The number of amides is 1. The van der Waals surface area contributed by atoms with Crippen LogP contribution in [0.15, 0.2) is 65.1 Å². The maximum Gasteiger partial charge on any atom is 0.416 e. The Labute approximate surface area is 251 Å². The fourth-order valence-corrected chi connectivity index (χ4v) is 4.79. The Balaban J connectivity index is 1.32. The van der Waals surface area contributed by atoms with Gasteiger partial charge in [-0.3, -0.25) is 4.79 Å². The molecule has 0 fully saturated rings. The van der Waals surface area contributed by atoms with E-state index in [0.717, 1.165) is 29.0 Å². The van der Waals surface area contributed by atoms with Crippen molar-refractivity contribution in [2.24, 2.45) is 5.10 Å². The van der Waals surface area contributed by atoms with Gasteiger partial charge in [0.25, 0.3) is 0 Å². The first kappa shape index (κ1) is 30.4. The highest BCUT2D eigenvalue weighted by atomic mass is 35.5. The lowest BCUT2D eigenvalue weighted by Gasteiger charge is -2.13. The van der Waals surface area contributed by atoms with Crippen molar-refractivity contribution in [3.8, 4) is 11.5 Å². The van der Waals surface area contributed by atoms with E-state index in [2.05, 4.69) is 20.8 Å². The number of carbonyl (C=O) groups is 1. The number of carbonyl (C=O) groups excluding carboxylic acids is 1. The third-order valence-electron chi connectivity index (χ3n) is 5.36. The van der Waals surface area contributed by atoms with Crippen LogP contribution in [0.4, 0.5) is 24.0 Å². The summed E-state index contributed by atoms with van der Waals surface area (Å²) in [6.45, 7) is 0.171. The van der Waals surface area contributed by atoms with Crippen molar-refractivity contribution in [3.63, 3.8) is 0 Å². The highest BCUT2D eigenvalue weighted by molar-refractivity contribution is 7.13. The highest BCUT2D eigenvalue weighted by Crippen LogP contribution is 2.37. The zero-order chi connectivity index (χ0) is 29.6. The van der Waals surface area contributed by atoms with Crippen LogP contribution in [0.1, 0.15) is 22.4 Å². The quantitative estimate of drug-likeness (QED) is 0.135. The van der Waals surface area contributed by atoms with E-state index in [1.54, 1.807) is 35.7 Å². The number of nitrogens with zero attached hydrogens (tertiary/aromatic N) is 2. The molecule has 1 aromatic heterocycles. The second kappa shape index (κ2) is 13.4. The molecule has 214 valence electrons. The molecule has 0 aliphatic heterocycles. The number of ether oxygens (including phenoxy) is 2. The van der Waals surface area contributed by atoms with Gasteiger partial charge in [-0.25, -0.2) is 10.4 Å². The lowest BCUT2D eigenvalue weighted by atomic mass is 10.2. The third kappa shape index (κ3) is 8.49. The Morgan fingerprint density at radius 2 is 1.88 bits per heavy atom. The van der Waals surface area contributed by atoms with Crippen molar-refractivity contribution < 1.29 is 27.4 Å². The minimum atomic E-state index is -4.45. The second-order valence-corrected chi connectivity index (χ2v) is 10.5. The first-order valence-corrected chi connectivity index (χ1v) is 13.7. The molecule has 14 heteroatoms. The Hall–Kier alpha value is -3.51. The van der Waals surface area contributed by atoms with Crippen LogP contribution in [0.5, 0.6) is 11.5 Å². The monoisotopic (exact) mass is 642 g/mol. The van der Waals surface area contributed by atoms with E-state index in [9.17, 15) is 18.0 Å². The van der Waals surface area contributed by atoms with Gasteiger partial charge in [-0.05, 0) is 53.6 Å². The van der Waals surface area contributed by atoms with Gasteiger partial charge >= 0.3 is 6.18 Å². The lowest BCUT2D eigenvalue weighted by molar-refractivity contribution is -0.137. The molecule has 0 atom stereocenters. The maximum atomic E-state index is 12.9. The molecule has 41 heavy (non-hydrogen) atoms. The van der Waals surface area contributed by atoms with E-state index in [1.807, 2.05) is 0 Å². The molecule has 0 saturated heterocycles. The molecule has 0 bridgehead atoms. The number of thiazole rings is 1. The summed E-state index contributed by atoms with van der Waals surface area (Å²) >= 11 is 19.6. The van der Waals surface area contributed by atoms with E-state index >= 15 is 0 Å². The molecule has 1 amide bonds. The van der Waals surface area contributed by atoms with Crippen LogP contribution in [0.25, 0.3) is 0 Å². The standard InChI is InChI=1S/C27H20Cl3F3N4O3S/c1-39-23-9-16(8-22(30)25(23)40-13-15-5-6-20(28)21(29)7-15)12-34-37-24(38)11-19-14-41-26(36-19)35-18-4-2-3-17(10-18)27(31,32)33/h2-10,12,14H,11,13H2,1H3,(H,35,36)(H,37,38)/b34-12-. The molecule has 0 unspecified atom stereocenters. The third-order valence-corrected chi connectivity index (χ3v) is 7.18. The normalized spacial score (nSPS) is 11.5. The summed E-state index contributed by atoms with van der Waals surface area (Å²) in [4.78, 5) is 16.6. The fraction of sp³-hybridized carbons (Fsp3) is 0.148. The number of alkyl halides is 3. The van der Waals surface area contributed by atoms with Gasteiger partial charge in [0, 0.05) is 11.1 Å². The van der Waals surface area contributed by atoms with Crippen LogP contribution in [0.3, 0.4) is 0 Å². The molecule has 0 aliphatic carbocycles. The lowest BCUT2D eigenvalue weighted by Crippen LogP contribution is -2.19. The van der Waals surface area contributed by atoms with Gasteiger partial charge < -0.3 is 14.8 Å². The average Bonchev–Trinajstić information content (AvgIpc) is 3.35. The van der Waals surface area contributed by atoms with Crippen LogP contribution in [-0.2, 0) is 24.0 Å². The Morgan fingerprint density at radius 3 is 2.61 bits per heavy atom. The Kier molecular flexibility index (Phi) is 9.98. The zero-order valence-corrected chi connectivity index (χ0v) is 24.1. The number of hydrogen-bond donors (Lipinski definition) is 2. The second-order valence-electron chi connectivity index (χ2n) is 8.39. The molecule has 3 aromatic carbocycles. The summed E-state index contributed by atoms with van der Waals surface area (Å²) in [5.41, 5.74) is 3.60. The topological polar surface area (TPSA) is 84.8 Å². The number of anilines is 2. The molecule has 0 spiro atoms. The van der Waals surface area contributed by atoms with Gasteiger partial charge in [-0.1, -0.05) is 46.9 Å². The summed E-state index contributed by atoms with van der Waals surface area (Å²) in [5, 5.41) is 9.84. The van der Waals surface area contributed by atoms with Crippen molar-refractivity contribution in [1.29, 1.82) is 0 Å². The van der Waals surface area contributed by atoms with Crippen LogP contribution in [0.2, 0.25) is 15.1 Å². The summed E-state index contributed by atoms with van der Waals surface area (Å²) in [6.07, 6.45) is -3.16. The van der Waals surface area contributed by atoms with Crippen molar-refractivity contribution in [3.05, 3.63) is 97.4 Å². The van der Waals surface area contributed by atoms with E-state index in [4.69, 9.17) is 44.3 Å². The van der Waals surface area contributed by atoms with Crippen LogP contribution >= 0.6 is 46.1 Å². The van der Waals surface area contributed by atoms with Gasteiger partial charge in [-0.15, -0.1) is 11.3 Å². The minimum Gasteiger partial charge on any atom is -0.493 e. The maximum absolute atomic E-state index is 12.9. The van der Waals surface area contributed by atoms with Crippen LogP contribution in [-0.4, -0.2) is 24.2 Å². The van der Waals surface area contributed by atoms with Gasteiger partial charge in [-0.2, -0.15) is 18.3 Å². The summed E-state index contributed by atoms with van der Waals surface area (Å²) < 4.78 is 50.0. The number of methoxy groups -OCH3 is 1. The summed E-state index contributed by atoms with van der Waals surface area (Å²) in [5.74, 6) is 0.227. The number of aromatic nitrogens is 1. The van der Waals surface area contributed by atoms with E-state index in [1.165, 1.54) is 25.5 Å². The van der Waals surface area contributed by atoms with Crippen LogP contribution < -0.4 is 20.2 Å². The van der Waals surface area contributed by atoms with Crippen molar-refractivity contribution in [2.45, 2.75) is 19.2 Å². The van der Waals surface area contributed by atoms with Crippen molar-refractivity contribution >= 4 is 69.1 Å². The summed E-state index contributed by atoms with van der Waals surface area (Å²) in [6, 6.07) is 13.1. The number of nitrogens with one attached hydrogen (secondary N) is 2. The zero-order valence-electron chi connectivity index (χ0n) is 21.1. The van der Waals surface area contributed by atoms with Crippen LogP contribution in [0, 0.1) is 0 Å². The fourth-order valence-electron chi connectivity index (χ4n) is 3.46. The average molecular weight is 644 g/mol. The Morgan fingerprint density at radius 1 is 1.07 bits per heavy atom. The van der Waals surface area contributed by atoms with Crippen molar-refractivity contribution in [2.75, 3.05) is 12.4 Å². The first-order chi connectivity index (χ1) is 19.5. The number of halogens is 6. The van der Waals surface area contributed by atoms with Gasteiger partial charge in [0.05, 0.1) is 46.1 Å². The van der Waals surface area contributed by atoms with Crippen molar-refractivity contribution in [1.82, 2.24) is 10.4 Å². The molecule has 7 nitrogen and oxygen atoms in total. The molecule has 4 rings (SSSR count). The molecule has 2 N–H and O–H groups in total. The van der Waals surface area contributed by atoms with Gasteiger partial charge in [0.2, 0.25) is 5.91 Å². The van der Waals surface area contributed by atoms with Gasteiger partial charge in [0.1, 0.15) is 6.61 Å². The SMILES string of the molecule is COc1cc(/C=N\NC(=O)Cc2csc(Nc3cccc(C(F)(F)F)c3)n2)cc(Cl)c1OCc1ccc(Cl)c(Cl)c1. The minimum absolute atomic E-state index is 0.0936. The molecule has 1 heterocycles. The van der Waals surface area contributed by atoms with Gasteiger partial charge in [0.15, 0.2) is 16.6 Å². The largest absolute Gasteiger partial charge is 0.493 e. The number of rotatable bonds is 10. The molecule has 0 radical (unpaired) electrons. The molecule has 0 saturated carbocycles. The number of hydrazone groups is 1. The molecular formula is C27H20Cl3F3N4O3S. The molecule has 0 aliphatic rings. The predicted octanol–water partition coefficient (Wildman–Crippen LogP) is 8.15. The summed E-state index contributed by atoms with van der Waals surface area (Å²) in [7, 11) is 1.46. The smallest absolute Gasteiger partial charge is 0.416 e. The first-order valence-electron chi connectivity index (χ1n) is 11.7. The number of benzene rings is 3. The highest BCUT2D eigenvalue weighted by Gasteiger charge is 2.30. The molecular weight excluding hydrogens is 624 g/mol. The van der Waals surface area contributed by atoms with E-state index in [-0.39, 0.29) is 23.7 Å². The molecule has 4 aromatic rings. The van der Waals surface area contributed by atoms with E-state index < -0.39 is 17.6 Å².